The van der Waals surface area contributed by atoms with Gasteiger partial charge in [0.2, 0.25) is 0 Å². The lowest BCUT2D eigenvalue weighted by atomic mass is 9.95. The number of thiophene rings is 1. The number of carbonyl (C=O) groups is 1. The molecule has 5 nitrogen and oxygen atoms in total. The van der Waals surface area contributed by atoms with Gasteiger partial charge in [0, 0.05) is 38.8 Å². The van der Waals surface area contributed by atoms with Gasteiger partial charge in [-0.1, -0.05) is 36.5 Å². The third kappa shape index (κ3) is 4.49. The molecule has 1 N–H and O–H groups in total. The Morgan fingerprint density at radius 1 is 1.24 bits per heavy atom. The average Bonchev–Trinajstić information content (AvgIpc) is 3.25. The second-order valence-electron chi connectivity index (χ2n) is 7.31. The molecular weight excluding hydrogens is 495 g/mol. The summed E-state index contributed by atoms with van der Waals surface area (Å²) in [6.07, 6.45) is 3.41. The number of rotatable bonds is 4. The molecule has 1 aromatic heterocycles. The number of nitrogens with zero attached hydrogens (tertiary/aromatic N) is 3. The van der Waals surface area contributed by atoms with Gasteiger partial charge in [0.15, 0.2) is 0 Å². The molecule has 154 valence electrons. The van der Waals surface area contributed by atoms with Crippen LogP contribution in [0.15, 0.2) is 39.2 Å². The van der Waals surface area contributed by atoms with E-state index in [2.05, 4.69) is 27.4 Å². The van der Waals surface area contributed by atoms with Crippen LogP contribution in [0, 0.1) is 5.92 Å². The molecule has 1 amide bonds. The van der Waals surface area contributed by atoms with Crippen molar-refractivity contribution in [3.63, 3.8) is 0 Å². The molecule has 2 atom stereocenters. The van der Waals surface area contributed by atoms with E-state index in [1.54, 1.807) is 23.5 Å². The molecule has 1 fully saturated rings. The van der Waals surface area contributed by atoms with Gasteiger partial charge in [0.25, 0.3) is 5.91 Å². The van der Waals surface area contributed by atoms with E-state index in [1.807, 2.05) is 28.4 Å². The summed E-state index contributed by atoms with van der Waals surface area (Å²) in [7, 11) is 0. The zero-order chi connectivity index (χ0) is 20.5. The zero-order valence-corrected chi connectivity index (χ0v) is 19.8. The second-order valence-corrected chi connectivity index (χ2v) is 10.0. The maximum atomic E-state index is 13.1. The summed E-state index contributed by atoms with van der Waals surface area (Å²) in [6, 6.07) is 7.29. The van der Waals surface area contributed by atoms with Gasteiger partial charge in [-0.15, -0.1) is 11.3 Å². The lowest BCUT2D eigenvalue weighted by molar-refractivity contribution is -0.120. The molecule has 2 aromatic rings. The van der Waals surface area contributed by atoms with E-state index in [0.29, 0.717) is 15.8 Å². The highest BCUT2D eigenvalue weighted by atomic mass is 79.9. The molecule has 2 aliphatic rings. The number of halogens is 3. The molecule has 1 aromatic carbocycles. The molecule has 0 saturated carbocycles. The Balaban J connectivity index is 1.67. The fourth-order valence-corrected chi connectivity index (χ4v) is 5.94. The van der Waals surface area contributed by atoms with Crippen LogP contribution in [-0.4, -0.2) is 29.7 Å². The van der Waals surface area contributed by atoms with Crippen LogP contribution in [0.25, 0.3) is 0 Å². The number of piperidine rings is 1. The topological polar surface area (TPSA) is 47.9 Å². The third-order valence-corrected chi connectivity index (χ3v) is 7.57. The van der Waals surface area contributed by atoms with E-state index in [1.165, 1.54) is 6.42 Å². The molecule has 2 aliphatic heterocycles. The molecule has 9 heteroatoms. The van der Waals surface area contributed by atoms with E-state index >= 15 is 0 Å². The van der Waals surface area contributed by atoms with Gasteiger partial charge in [-0.3, -0.25) is 15.2 Å². The molecule has 0 bridgehead atoms. The van der Waals surface area contributed by atoms with Crippen molar-refractivity contribution in [3.05, 3.63) is 49.0 Å². The molecule has 3 heterocycles. The second kappa shape index (κ2) is 8.94. The smallest absolute Gasteiger partial charge is 0.282 e. The van der Waals surface area contributed by atoms with Crippen molar-refractivity contribution in [3.8, 4) is 0 Å². The molecule has 0 spiro atoms. The Kier molecular flexibility index (Phi) is 6.51. The summed E-state index contributed by atoms with van der Waals surface area (Å²) in [4.78, 5) is 14.2. The van der Waals surface area contributed by atoms with Crippen molar-refractivity contribution in [1.29, 1.82) is 0 Å². The number of hydrogen-bond donors (Lipinski definition) is 1. The maximum absolute atomic E-state index is 13.1. The van der Waals surface area contributed by atoms with Crippen molar-refractivity contribution in [1.82, 2.24) is 10.4 Å². The van der Waals surface area contributed by atoms with Crippen LogP contribution in [0.4, 0.5) is 5.69 Å². The highest BCUT2D eigenvalue weighted by Crippen LogP contribution is 2.44. The fourth-order valence-electron chi connectivity index (χ4n) is 3.81. The van der Waals surface area contributed by atoms with E-state index in [0.717, 1.165) is 41.0 Å². The van der Waals surface area contributed by atoms with E-state index < -0.39 is 0 Å². The molecule has 0 aliphatic carbocycles. The van der Waals surface area contributed by atoms with E-state index in [4.69, 9.17) is 28.3 Å². The van der Waals surface area contributed by atoms with Gasteiger partial charge in [0.1, 0.15) is 5.71 Å². The summed E-state index contributed by atoms with van der Waals surface area (Å²) in [5, 5.41) is 11.7. The quantitative estimate of drug-likeness (QED) is 0.552. The highest BCUT2D eigenvalue weighted by Gasteiger charge is 2.41. The number of amides is 1. The van der Waals surface area contributed by atoms with Crippen molar-refractivity contribution >= 4 is 67.8 Å². The minimum atomic E-state index is -0.146. The van der Waals surface area contributed by atoms with Gasteiger partial charge >= 0.3 is 0 Å². The van der Waals surface area contributed by atoms with Gasteiger partial charge in [-0.2, -0.15) is 5.10 Å². The molecule has 29 heavy (non-hydrogen) atoms. The molecule has 0 unspecified atom stereocenters. The number of nitrogens with one attached hydrogen (secondary N) is 1. The SMILES string of the molecule is C[C@H]1C(C(=O)NN2CCCCC2)=NN(c2ccc(Cl)cc2Cl)[C@@H]1c1cc(Br)cs1. The third-order valence-electron chi connectivity index (χ3n) is 5.27. The largest absolute Gasteiger partial charge is 0.284 e. The number of hydrogen-bond acceptors (Lipinski definition) is 5. The first kappa shape index (κ1) is 21.1. The van der Waals surface area contributed by atoms with Crippen LogP contribution < -0.4 is 10.4 Å². The number of hydrazone groups is 1. The van der Waals surface area contributed by atoms with Gasteiger partial charge < -0.3 is 0 Å². The molecule has 0 radical (unpaired) electrons. The summed E-state index contributed by atoms with van der Waals surface area (Å²) in [5.74, 6) is -0.246. The predicted octanol–water partition coefficient (Wildman–Crippen LogP) is 5.89. The van der Waals surface area contributed by atoms with Crippen LogP contribution in [0.1, 0.15) is 37.1 Å². The standard InChI is InChI=1S/C20H21BrCl2N4OS/c1-12-18(20(28)25-26-7-3-2-4-8-26)24-27(16-6-5-14(22)10-15(16)23)19(12)17-9-13(21)11-29-17/h5-6,9-12,19H,2-4,7-8H2,1H3,(H,25,28)/t12-,19-/m0/s1. The van der Waals surface area contributed by atoms with Crippen molar-refractivity contribution in [2.75, 3.05) is 18.1 Å². The van der Waals surface area contributed by atoms with Gasteiger partial charge in [-0.25, -0.2) is 5.01 Å². The molecular formula is C20H21BrCl2N4OS. The van der Waals surface area contributed by atoms with Crippen LogP contribution in [0.5, 0.6) is 0 Å². The van der Waals surface area contributed by atoms with Crippen LogP contribution in [0.2, 0.25) is 10.0 Å². The summed E-state index contributed by atoms with van der Waals surface area (Å²) in [5.41, 5.74) is 4.29. The predicted molar refractivity (Wildman–Crippen MR) is 124 cm³/mol. The Morgan fingerprint density at radius 3 is 2.66 bits per heavy atom. The number of benzene rings is 1. The van der Waals surface area contributed by atoms with Crippen LogP contribution >= 0.6 is 50.5 Å². The minimum Gasteiger partial charge on any atom is -0.284 e. The molecule has 4 rings (SSSR count). The normalized spacial score (nSPS) is 22.6. The van der Waals surface area contributed by atoms with Crippen molar-refractivity contribution in [2.45, 2.75) is 32.2 Å². The first-order chi connectivity index (χ1) is 13.9. The fraction of sp³-hybridized carbons (Fsp3) is 0.400. The monoisotopic (exact) mass is 514 g/mol. The highest BCUT2D eigenvalue weighted by molar-refractivity contribution is 9.10. The average molecular weight is 516 g/mol. The maximum Gasteiger partial charge on any atom is 0.282 e. The number of carbonyl (C=O) groups excluding carboxylic acids is 1. The van der Waals surface area contributed by atoms with Gasteiger partial charge in [-0.05, 0) is 53.0 Å². The summed E-state index contributed by atoms with van der Waals surface area (Å²) >= 11 is 17.7. The Labute approximate surface area is 192 Å². The Hall–Kier alpha value is -1.12. The minimum absolute atomic E-state index is 0.0999. The van der Waals surface area contributed by atoms with Crippen LogP contribution in [0.3, 0.4) is 0 Å². The van der Waals surface area contributed by atoms with Crippen molar-refractivity contribution < 1.29 is 4.79 Å². The van der Waals surface area contributed by atoms with E-state index in [9.17, 15) is 4.79 Å². The first-order valence-electron chi connectivity index (χ1n) is 9.56. The van der Waals surface area contributed by atoms with Crippen LogP contribution in [-0.2, 0) is 4.79 Å². The number of anilines is 1. The Bertz CT molecular complexity index is 944. The first-order valence-corrected chi connectivity index (χ1v) is 12.0. The number of hydrazine groups is 1. The van der Waals surface area contributed by atoms with Gasteiger partial charge in [0.05, 0.1) is 16.8 Å². The van der Waals surface area contributed by atoms with Crippen molar-refractivity contribution in [2.24, 2.45) is 11.0 Å². The molecule has 1 saturated heterocycles. The Morgan fingerprint density at radius 2 is 2.00 bits per heavy atom. The summed E-state index contributed by atoms with van der Waals surface area (Å²) < 4.78 is 1.01. The summed E-state index contributed by atoms with van der Waals surface area (Å²) in [6.45, 7) is 3.79. The lowest BCUT2D eigenvalue weighted by Crippen LogP contribution is -2.48. The lowest BCUT2D eigenvalue weighted by Gasteiger charge is -2.27. The van der Waals surface area contributed by atoms with E-state index in [-0.39, 0.29) is 17.9 Å². The zero-order valence-electron chi connectivity index (χ0n) is 15.9.